The third kappa shape index (κ3) is 3.31. The van der Waals surface area contributed by atoms with E-state index in [1.54, 1.807) is 0 Å². The Kier molecular flexibility index (Phi) is 4.64. The average molecular weight is 363 g/mol. The molecule has 1 aromatic rings. The van der Waals surface area contributed by atoms with Crippen molar-refractivity contribution in [2.45, 2.75) is 38.5 Å². The Labute approximate surface area is 119 Å². The van der Waals surface area contributed by atoms with Gasteiger partial charge < -0.3 is 10.1 Å². The Bertz CT molecular complexity index is 397. The molecule has 17 heavy (non-hydrogen) atoms. The second-order valence-electron chi connectivity index (χ2n) is 4.53. The van der Waals surface area contributed by atoms with Crippen molar-refractivity contribution in [3.8, 4) is 0 Å². The van der Waals surface area contributed by atoms with Crippen LogP contribution in [0, 0.1) is 0 Å². The molecule has 0 spiro atoms. The van der Waals surface area contributed by atoms with Gasteiger partial charge in [0.15, 0.2) is 0 Å². The highest BCUT2D eigenvalue weighted by Crippen LogP contribution is 2.28. The summed E-state index contributed by atoms with van der Waals surface area (Å²) in [6, 6.07) is 7.09. The fourth-order valence-electron chi connectivity index (χ4n) is 2.21. The number of hydrogen-bond acceptors (Lipinski definition) is 2. The minimum absolute atomic E-state index is 0.312. The molecule has 0 amide bonds. The number of ether oxygens (including phenoxy) is 1. The Morgan fingerprint density at radius 1 is 1.41 bits per heavy atom. The van der Waals surface area contributed by atoms with Gasteiger partial charge in [0.25, 0.3) is 0 Å². The summed E-state index contributed by atoms with van der Waals surface area (Å²) in [5.41, 5.74) is 1.28. The van der Waals surface area contributed by atoms with Crippen LogP contribution < -0.4 is 5.32 Å². The van der Waals surface area contributed by atoms with E-state index in [0.29, 0.717) is 18.2 Å². The normalized spacial score (nSPS) is 26.1. The smallest absolute Gasteiger partial charge is 0.0700 e. The highest BCUT2D eigenvalue weighted by atomic mass is 79.9. The first-order chi connectivity index (χ1) is 8.08. The predicted molar refractivity (Wildman–Crippen MR) is 77.2 cm³/mol. The number of halogens is 2. The number of rotatable bonds is 3. The number of nitrogens with one attached hydrogen (secondary N) is 1. The predicted octanol–water partition coefficient (Wildman–Crippen LogP) is 4.04. The van der Waals surface area contributed by atoms with E-state index in [1.807, 2.05) is 0 Å². The highest BCUT2D eigenvalue weighted by molar-refractivity contribution is 9.11. The molecule has 4 heteroatoms. The van der Waals surface area contributed by atoms with Crippen LogP contribution in [-0.4, -0.2) is 18.8 Å². The zero-order chi connectivity index (χ0) is 12.4. The topological polar surface area (TPSA) is 21.3 Å². The van der Waals surface area contributed by atoms with Crippen molar-refractivity contribution < 1.29 is 4.74 Å². The monoisotopic (exact) mass is 361 g/mol. The van der Waals surface area contributed by atoms with Gasteiger partial charge in [0.05, 0.1) is 6.10 Å². The molecule has 0 aliphatic carbocycles. The standard InChI is InChI=1S/C13H17Br2NO/c1-8(16-13-5-6-17-9(13)2)11-4-3-10(14)7-12(11)15/h3-4,7-9,13,16H,5-6H2,1-2H3. The zero-order valence-corrected chi connectivity index (χ0v) is 13.2. The molecule has 0 aromatic heterocycles. The van der Waals surface area contributed by atoms with Gasteiger partial charge in [-0.25, -0.2) is 0 Å². The van der Waals surface area contributed by atoms with Crippen LogP contribution in [0.1, 0.15) is 31.9 Å². The summed E-state index contributed by atoms with van der Waals surface area (Å²) in [7, 11) is 0. The first kappa shape index (κ1) is 13.5. The Morgan fingerprint density at radius 3 is 2.76 bits per heavy atom. The van der Waals surface area contributed by atoms with Crippen LogP contribution in [0.3, 0.4) is 0 Å². The third-order valence-electron chi connectivity index (χ3n) is 3.27. The fraction of sp³-hybridized carbons (Fsp3) is 0.538. The van der Waals surface area contributed by atoms with E-state index in [4.69, 9.17) is 4.74 Å². The lowest BCUT2D eigenvalue weighted by Gasteiger charge is -2.23. The van der Waals surface area contributed by atoms with Crippen molar-refractivity contribution in [3.63, 3.8) is 0 Å². The fourth-order valence-corrected chi connectivity index (χ4v) is 3.60. The van der Waals surface area contributed by atoms with E-state index in [-0.39, 0.29) is 0 Å². The molecule has 1 aromatic carbocycles. The molecule has 3 atom stereocenters. The summed E-state index contributed by atoms with van der Waals surface area (Å²) in [5.74, 6) is 0. The lowest BCUT2D eigenvalue weighted by Crippen LogP contribution is -2.36. The van der Waals surface area contributed by atoms with E-state index < -0.39 is 0 Å². The van der Waals surface area contributed by atoms with Gasteiger partial charge in [0, 0.05) is 27.6 Å². The first-order valence-corrected chi connectivity index (χ1v) is 7.49. The first-order valence-electron chi connectivity index (χ1n) is 5.90. The summed E-state index contributed by atoms with van der Waals surface area (Å²) in [5, 5.41) is 3.63. The molecular weight excluding hydrogens is 346 g/mol. The van der Waals surface area contributed by atoms with Crippen LogP contribution in [0.2, 0.25) is 0 Å². The van der Waals surface area contributed by atoms with Gasteiger partial charge >= 0.3 is 0 Å². The molecular formula is C13H17Br2NO. The second kappa shape index (κ2) is 5.83. The molecule has 2 rings (SSSR count). The van der Waals surface area contributed by atoms with Crippen LogP contribution in [0.5, 0.6) is 0 Å². The van der Waals surface area contributed by atoms with Crippen molar-refractivity contribution in [1.29, 1.82) is 0 Å². The molecule has 1 aliphatic rings. The van der Waals surface area contributed by atoms with Gasteiger partial charge in [-0.15, -0.1) is 0 Å². The van der Waals surface area contributed by atoms with Crippen molar-refractivity contribution in [1.82, 2.24) is 5.32 Å². The Hall–Kier alpha value is 0.1000. The quantitative estimate of drug-likeness (QED) is 0.876. The summed E-state index contributed by atoms with van der Waals surface area (Å²) in [4.78, 5) is 0. The summed E-state index contributed by atoms with van der Waals surface area (Å²) >= 11 is 7.08. The van der Waals surface area contributed by atoms with Gasteiger partial charge in [0.1, 0.15) is 0 Å². The van der Waals surface area contributed by atoms with E-state index in [0.717, 1.165) is 22.0 Å². The molecule has 0 bridgehead atoms. The number of hydrogen-bond donors (Lipinski definition) is 1. The molecule has 3 unspecified atom stereocenters. The van der Waals surface area contributed by atoms with E-state index in [9.17, 15) is 0 Å². The SMILES string of the molecule is CC(NC1CCOC1C)c1ccc(Br)cc1Br. The van der Waals surface area contributed by atoms with Crippen molar-refractivity contribution >= 4 is 31.9 Å². The molecule has 1 heterocycles. The van der Waals surface area contributed by atoms with Gasteiger partial charge in [-0.2, -0.15) is 0 Å². The lowest BCUT2D eigenvalue weighted by atomic mass is 10.1. The number of benzene rings is 1. The van der Waals surface area contributed by atoms with Crippen LogP contribution in [-0.2, 0) is 4.74 Å². The third-order valence-corrected chi connectivity index (χ3v) is 4.45. The van der Waals surface area contributed by atoms with Crippen molar-refractivity contribution in [3.05, 3.63) is 32.7 Å². The molecule has 0 saturated carbocycles. The van der Waals surface area contributed by atoms with Gasteiger partial charge in [-0.05, 0) is 38.0 Å². The molecule has 2 nitrogen and oxygen atoms in total. The van der Waals surface area contributed by atoms with Crippen molar-refractivity contribution in [2.24, 2.45) is 0 Å². The molecule has 1 fully saturated rings. The minimum atomic E-state index is 0.312. The highest BCUT2D eigenvalue weighted by Gasteiger charge is 2.25. The molecule has 1 N–H and O–H groups in total. The summed E-state index contributed by atoms with van der Waals surface area (Å²) in [6.45, 7) is 5.19. The maximum absolute atomic E-state index is 5.57. The van der Waals surface area contributed by atoms with Crippen LogP contribution in [0.15, 0.2) is 27.1 Å². The largest absolute Gasteiger partial charge is 0.377 e. The van der Waals surface area contributed by atoms with Crippen LogP contribution in [0.25, 0.3) is 0 Å². The van der Waals surface area contributed by atoms with Gasteiger partial charge in [0.2, 0.25) is 0 Å². The summed E-state index contributed by atoms with van der Waals surface area (Å²) < 4.78 is 7.80. The average Bonchev–Trinajstić information content (AvgIpc) is 2.64. The maximum atomic E-state index is 5.57. The summed E-state index contributed by atoms with van der Waals surface area (Å²) in [6.07, 6.45) is 1.41. The zero-order valence-electron chi connectivity index (χ0n) is 10.0. The second-order valence-corrected chi connectivity index (χ2v) is 6.30. The minimum Gasteiger partial charge on any atom is -0.377 e. The van der Waals surface area contributed by atoms with E-state index in [1.165, 1.54) is 5.56 Å². The molecule has 0 radical (unpaired) electrons. The Morgan fingerprint density at radius 2 is 2.18 bits per heavy atom. The van der Waals surface area contributed by atoms with Crippen LogP contribution in [0.4, 0.5) is 0 Å². The van der Waals surface area contributed by atoms with E-state index in [2.05, 4.69) is 69.2 Å². The van der Waals surface area contributed by atoms with Crippen LogP contribution >= 0.6 is 31.9 Å². The van der Waals surface area contributed by atoms with Gasteiger partial charge in [-0.3, -0.25) is 0 Å². The molecule has 1 saturated heterocycles. The van der Waals surface area contributed by atoms with E-state index >= 15 is 0 Å². The molecule has 94 valence electrons. The lowest BCUT2D eigenvalue weighted by molar-refractivity contribution is 0.111. The Balaban J connectivity index is 2.06. The maximum Gasteiger partial charge on any atom is 0.0700 e. The van der Waals surface area contributed by atoms with Crippen molar-refractivity contribution in [2.75, 3.05) is 6.61 Å². The van der Waals surface area contributed by atoms with Gasteiger partial charge in [-0.1, -0.05) is 37.9 Å². The molecule has 1 aliphatic heterocycles.